The second-order valence-corrected chi connectivity index (χ2v) is 4.53. The van der Waals surface area contributed by atoms with Gasteiger partial charge in [-0.25, -0.2) is 4.79 Å². The van der Waals surface area contributed by atoms with Crippen molar-refractivity contribution in [2.45, 2.75) is 44.5 Å². The zero-order chi connectivity index (χ0) is 14.0. The summed E-state index contributed by atoms with van der Waals surface area (Å²) in [4.78, 5) is 11.7. The highest BCUT2D eigenvalue weighted by Crippen LogP contribution is 2.39. The number of alkyl halides is 3. The molecule has 2 N–H and O–H groups in total. The van der Waals surface area contributed by atoms with Crippen LogP contribution in [0.1, 0.15) is 26.7 Å². The molecule has 0 spiro atoms. The third-order valence-corrected chi connectivity index (χ3v) is 2.99. The Balaban J connectivity index is 2.61. The molecule has 1 saturated carbocycles. The van der Waals surface area contributed by atoms with Gasteiger partial charge in [-0.3, -0.25) is 0 Å². The summed E-state index contributed by atoms with van der Waals surface area (Å²) in [7, 11) is 0. The topological polar surface area (TPSA) is 61.5 Å². The van der Waals surface area contributed by atoms with E-state index in [9.17, 15) is 18.0 Å². The van der Waals surface area contributed by atoms with Gasteiger partial charge in [0.05, 0.1) is 13.2 Å². The van der Waals surface area contributed by atoms with Crippen molar-refractivity contribution in [2.24, 2.45) is 11.7 Å². The van der Waals surface area contributed by atoms with Crippen LogP contribution in [0.5, 0.6) is 0 Å². The van der Waals surface area contributed by atoms with Gasteiger partial charge in [-0.15, -0.1) is 0 Å². The van der Waals surface area contributed by atoms with Crippen molar-refractivity contribution in [3.05, 3.63) is 0 Å². The average Bonchev–Trinajstić information content (AvgIpc) is 3.08. The van der Waals surface area contributed by atoms with Crippen molar-refractivity contribution in [1.29, 1.82) is 0 Å². The molecule has 7 heteroatoms. The normalized spacial score (nSPS) is 21.2. The standard InChI is InChI=1S/C11H18F3NO3/c1-3-17-9(16)10(15,8-4-5-8)6-18-7(2)11(12,13)14/h7-8H,3-6,15H2,1-2H3. The maximum atomic E-state index is 12.3. The summed E-state index contributed by atoms with van der Waals surface area (Å²) in [5.41, 5.74) is 4.39. The van der Waals surface area contributed by atoms with Gasteiger partial charge in [0.25, 0.3) is 0 Å². The number of carbonyl (C=O) groups is 1. The van der Waals surface area contributed by atoms with Gasteiger partial charge in [-0.2, -0.15) is 13.2 Å². The third-order valence-electron chi connectivity index (χ3n) is 2.99. The van der Waals surface area contributed by atoms with Crippen molar-refractivity contribution in [3.63, 3.8) is 0 Å². The van der Waals surface area contributed by atoms with Gasteiger partial charge in [-0.1, -0.05) is 0 Å². The second kappa shape index (κ2) is 5.44. The molecule has 106 valence electrons. The Morgan fingerprint density at radius 1 is 1.44 bits per heavy atom. The van der Waals surface area contributed by atoms with E-state index in [1.807, 2.05) is 0 Å². The fraction of sp³-hybridized carbons (Fsp3) is 0.909. The highest BCUT2D eigenvalue weighted by Gasteiger charge is 2.50. The molecule has 0 saturated heterocycles. The quantitative estimate of drug-likeness (QED) is 0.744. The fourth-order valence-electron chi connectivity index (χ4n) is 1.56. The molecule has 0 aromatic rings. The third kappa shape index (κ3) is 3.58. The number of ether oxygens (including phenoxy) is 2. The summed E-state index contributed by atoms with van der Waals surface area (Å²) >= 11 is 0. The van der Waals surface area contributed by atoms with E-state index in [-0.39, 0.29) is 12.5 Å². The Morgan fingerprint density at radius 3 is 2.39 bits per heavy atom. The minimum atomic E-state index is -4.46. The monoisotopic (exact) mass is 269 g/mol. The lowest BCUT2D eigenvalue weighted by Crippen LogP contribution is -2.56. The molecule has 0 aromatic heterocycles. The van der Waals surface area contributed by atoms with Gasteiger partial charge in [0.1, 0.15) is 5.54 Å². The van der Waals surface area contributed by atoms with E-state index in [0.717, 1.165) is 6.92 Å². The Bertz CT molecular complexity index is 304. The minimum absolute atomic E-state index is 0.138. The van der Waals surface area contributed by atoms with Gasteiger partial charge in [0, 0.05) is 0 Å². The highest BCUT2D eigenvalue weighted by molar-refractivity contribution is 5.81. The summed E-state index contributed by atoms with van der Waals surface area (Å²) in [6, 6.07) is 0. The molecular weight excluding hydrogens is 251 g/mol. The molecule has 2 atom stereocenters. The molecular formula is C11H18F3NO3. The fourth-order valence-corrected chi connectivity index (χ4v) is 1.56. The Morgan fingerprint density at radius 2 is 2.00 bits per heavy atom. The SMILES string of the molecule is CCOC(=O)C(N)(COC(C)C(F)(F)F)C1CC1. The van der Waals surface area contributed by atoms with Crippen molar-refractivity contribution < 1.29 is 27.4 Å². The predicted octanol–water partition coefficient (Wildman–Crippen LogP) is 1.62. The van der Waals surface area contributed by atoms with Crippen LogP contribution in [0.4, 0.5) is 13.2 Å². The summed E-state index contributed by atoms with van der Waals surface area (Å²) in [6.45, 7) is 2.17. The summed E-state index contributed by atoms with van der Waals surface area (Å²) in [5.74, 6) is -0.848. The van der Waals surface area contributed by atoms with E-state index in [0.29, 0.717) is 12.8 Å². The first kappa shape index (κ1) is 15.2. The minimum Gasteiger partial charge on any atom is -0.465 e. The van der Waals surface area contributed by atoms with E-state index in [1.54, 1.807) is 6.92 Å². The van der Waals surface area contributed by atoms with Gasteiger partial charge in [-0.05, 0) is 32.6 Å². The molecule has 0 radical (unpaired) electrons. The van der Waals surface area contributed by atoms with Crippen LogP contribution < -0.4 is 5.73 Å². The largest absolute Gasteiger partial charge is 0.465 e. The number of carbonyl (C=O) groups excluding carboxylic acids is 1. The van der Waals surface area contributed by atoms with Gasteiger partial charge in [0.15, 0.2) is 6.10 Å². The van der Waals surface area contributed by atoms with Crippen LogP contribution >= 0.6 is 0 Å². The molecule has 18 heavy (non-hydrogen) atoms. The van der Waals surface area contributed by atoms with E-state index < -0.39 is 30.4 Å². The maximum Gasteiger partial charge on any atom is 0.414 e. The number of rotatable bonds is 6. The molecule has 0 bridgehead atoms. The molecule has 0 aromatic carbocycles. The molecule has 1 aliphatic carbocycles. The first-order chi connectivity index (χ1) is 8.21. The van der Waals surface area contributed by atoms with Crippen LogP contribution in [0.25, 0.3) is 0 Å². The number of nitrogens with two attached hydrogens (primary N) is 1. The molecule has 0 amide bonds. The van der Waals surface area contributed by atoms with Crippen LogP contribution in [0.3, 0.4) is 0 Å². The molecule has 1 rings (SSSR count). The smallest absolute Gasteiger partial charge is 0.414 e. The summed E-state index contributed by atoms with van der Waals surface area (Å²) < 4.78 is 46.4. The number of hydrogen-bond acceptors (Lipinski definition) is 4. The number of hydrogen-bond donors (Lipinski definition) is 1. The van der Waals surface area contributed by atoms with E-state index in [1.165, 1.54) is 0 Å². The molecule has 0 heterocycles. The van der Waals surface area contributed by atoms with E-state index in [4.69, 9.17) is 10.5 Å². The molecule has 1 aliphatic rings. The lowest BCUT2D eigenvalue weighted by Gasteiger charge is -2.28. The number of esters is 1. The lowest BCUT2D eigenvalue weighted by atomic mass is 9.96. The predicted molar refractivity (Wildman–Crippen MR) is 57.7 cm³/mol. The zero-order valence-electron chi connectivity index (χ0n) is 10.4. The van der Waals surface area contributed by atoms with Crippen LogP contribution in [-0.4, -0.2) is 37.0 Å². The number of halogens is 3. The van der Waals surface area contributed by atoms with Crippen LogP contribution in [0.2, 0.25) is 0 Å². The summed E-state index contributed by atoms with van der Waals surface area (Å²) in [6.07, 6.45) is -4.99. The van der Waals surface area contributed by atoms with Gasteiger partial charge in [0.2, 0.25) is 0 Å². The van der Waals surface area contributed by atoms with E-state index in [2.05, 4.69) is 4.74 Å². The Labute approximate surface area is 104 Å². The van der Waals surface area contributed by atoms with Crippen molar-refractivity contribution in [3.8, 4) is 0 Å². The zero-order valence-corrected chi connectivity index (χ0v) is 10.4. The second-order valence-electron chi connectivity index (χ2n) is 4.53. The Hall–Kier alpha value is -0.820. The molecule has 2 unspecified atom stereocenters. The Kier molecular flexibility index (Phi) is 4.61. The van der Waals surface area contributed by atoms with Gasteiger partial charge < -0.3 is 15.2 Å². The van der Waals surface area contributed by atoms with Crippen molar-refractivity contribution in [1.82, 2.24) is 0 Å². The van der Waals surface area contributed by atoms with Gasteiger partial charge >= 0.3 is 12.1 Å². The maximum absolute atomic E-state index is 12.3. The molecule has 4 nitrogen and oxygen atoms in total. The van der Waals surface area contributed by atoms with Crippen LogP contribution in [0, 0.1) is 5.92 Å². The van der Waals surface area contributed by atoms with Crippen LogP contribution in [0.15, 0.2) is 0 Å². The van der Waals surface area contributed by atoms with Crippen molar-refractivity contribution in [2.75, 3.05) is 13.2 Å². The highest BCUT2D eigenvalue weighted by atomic mass is 19.4. The van der Waals surface area contributed by atoms with E-state index >= 15 is 0 Å². The van der Waals surface area contributed by atoms with Crippen LogP contribution in [-0.2, 0) is 14.3 Å². The summed E-state index contributed by atoms with van der Waals surface area (Å²) in [5, 5.41) is 0. The molecule has 0 aliphatic heterocycles. The first-order valence-electron chi connectivity index (χ1n) is 5.86. The lowest BCUT2D eigenvalue weighted by molar-refractivity contribution is -0.219. The van der Waals surface area contributed by atoms with Crippen molar-refractivity contribution >= 4 is 5.97 Å². The molecule has 1 fully saturated rings. The first-order valence-corrected chi connectivity index (χ1v) is 5.86. The average molecular weight is 269 g/mol.